The van der Waals surface area contributed by atoms with Crippen LogP contribution in [0.4, 0.5) is 0 Å². The average molecular weight is 150 g/mol. The lowest BCUT2D eigenvalue weighted by atomic mass is 10.4. The highest BCUT2D eigenvalue weighted by Gasteiger charge is 1.98. The molecule has 0 spiro atoms. The Kier molecular flexibility index (Phi) is 1.29. The van der Waals surface area contributed by atoms with Crippen LogP contribution in [0.25, 0.3) is 6.20 Å². The maximum absolute atomic E-state index is 8.98. The van der Waals surface area contributed by atoms with Gasteiger partial charge in [-0.25, -0.2) is 20.0 Å². The molecule has 0 saturated carbocycles. The van der Waals surface area contributed by atoms with Gasteiger partial charge in [-0.15, -0.1) is 0 Å². The molecule has 0 bridgehead atoms. The van der Waals surface area contributed by atoms with Crippen LogP contribution in [0.1, 0.15) is 0 Å². The van der Waals surface area contributed by atoms with Crippen LogP contribution in [-0.2, 0) is 0 Å². The van der Waals surface area contributed by atoms with E-state index >= 15 is 0 Å². The van der Waals surface area contributed by atoms with Gasteiger partial charge in [-0.05, 0) is 0 Å². The summed E-state index contributed by atoms with van der Waals surface area (Å²) >= 11 is 0. The Hall–Kier alpha value is -1.49. The van der Waals surface area contributed by atoms with Crippen LogP contribution in [0.2, 0.25) is 0 Å². The smallest absolute Gasteiger partial charge is 0.161 e. The van der Waals surface area contributed by atoms with E-state index < -0.39 is 0 Å². The lowest BCUT2D eigenvalue weighted by Crippen LogP contribution is -2.36. The molecule has 5 nitrogen and oxygen atoms in total. The van der Waals surface area contributed by atoms with Crippen LogP contribution in [0.15, 0.2) is 17.5 Å². The molecule has 1 N–H and O–H groups in total. The molecule has 1 aliphatic heterocycles. The van der Waals surface area contributed by atoms with Crippen molar-refractivity contribution in [2.24, 2.45) is 4.99 Å². The van der Waals surface area contributed by atoms with Gasteiger partial charge in [0.25, 0.3) is 0 Å². The highest BCUT2D eigenvalue weighted by Crippen LogP contribution is 1.83. The highest BCUT2D eigenvalue weighted by molar-refractivity contribution is 5.17. The highest BCUT2D eigenvalue weighted by atomic mass is 16.5. The van der Waals surface area contributed by atoms with Gasteiger partial charge in [0, 0.05) is 12.4 Å². The topological polar surface area (TPSA) is 61.6 Å². The van der Waals surface area contributed by atoms with Gasteiger partial charge in [0.15, 0.2) is 5.49 Å². The van der Waals surface area contributed by atoms with E-state index in [2.05, 4.69) is 15.0 Å². The predicted octanol–water partition coefficient (Wildman–Crippen LogP) is -1.50. The Bertz CT molecular complexity index is 374. The zero-order valence-corrected chi connectivity index (χ0v) is 5.68. The molecule has 2 heterocycles. The Morgan fingerprint density at radius 3 is 3.36 bits per heavy atom. The van der Waals surface area contributed by atoms with Crippen molar-refractivity contribution in [2.45, 2.75) is 0 Å². The molecule has 0 amide bonds. The average Bonchev–Trinajstić information content (AvgIpc) is 2.04. The van der Waals surface area contributed by atoms with E-state index in [1.54, 1.807) is 12.4 Å². The predicted molar refractivity (Wildman–Crippen MR) is 35.8 cm³/mol. The molecule has 0 atom stereocenters. The van der Waals surface area contributed by atoms with Crippen molar-refractivity contribution in [3.8, 4) is 0 Å². The lowest BCUT2D eigenvalue weighted by Gasteiger charge is -2.10. The molecule has 0 saturated heterocycles. The fourth-order valence-electron chi connectivity index (χ4n) is 0.898. The molecule has 1 aromatic rings. The maximum Gasteiger partial charge on any atom is 0.161 e. The summed E-state index contributed by atoms with van der Waals surface area (Å²) in [6, 6.07) is 0. The summed E-state index contributed by atoms with van der Waals surface area (Å²) < 4.78 is 0. The molecule has 5 heteroatoms. The van der Waals surface area contributed by atoms with Gasteiger partial charge >= 0.3 is 0 Å². The molecule has 1 aromatic heterocycles. The van der Waals surface area contributed by atoms with Gasteiger partial charge in [-0.2, -0.15) is 0 Å². The maximum atomic E-state index is 8.98. The molecule has 0 aliphatic carbocycles. The Labute approximate surface area is 62.3 Å². The SMILES string of the molecule is ON1C=c2cncnc2=NC1. The van der Waals surface area contributed by atoms with Crippen molar-refractivity contribution in [3.05, 3.63) is 23.2 Å². The minimum Gasteiger partial charge on any atom is -0.287 e. The third-order valence-corrected chi connectivity index (χ3v) is 1.37. The van der Waals surface area contributed by atoms with Crippen molar-refractivity contribution in [3.63, 3.8) is 0 Å². The van der Waals surface area contributed by atoms with Gasteiger partial charge < -0.3 is 0 Å². The summed E-state index contributed by atoms with van der Waals surface area (Å²) in [5.41, 5.74) is 0.630. The Morgan fingerprint density at radius 1 is 1.55 bits per heavy atom. The third kappa shape index (κ3) is 1.05. The number of fused-ring (bicyclic) bond motifs is 1. The second-order valence-electron chi connectivity index (χ2n) is 2.17. The van der Waals surface area contributed by atoms with Gasteiger partial charge in [0.1, 0.15) is 13.0 Å². The van der Waals surface area contributed by atoms with Crippen LogP contribution in [0.3, 0.4) is 0 Å². The minimum absolute atomic E-state index is 0.240. The summed E-state index contributed by atoms with van der Waals surface area (Å²) in [4.78, 5) is 11.7. The number of hydrogen-bond acceptors (Lipinski definition) is 5. The molecule has 0 fully saturated rings. The molecular formula is C6H6N4O. The molecule has 0 radical (unpaired) electrons. The zero-order chi connectivity index (χ0) is 7.68. The fraction of sp³-hybridized carbons (Fsp3) is 0.167. The number of hydroxylamine groups is 2. The first kappa shape index (κ1) is 6.23. The third-order valence-electron chi connectivity index (χ3n) is 1.37. The van der Waals surface area contributed by atoms with Crippen LogP contribution in [-0.4, -0.2) is 26.9 Å². The second-order valence-corrected chi connectivity index (χ2v) is 2.17. The summed E-state index contributed by atoms with van der Waals surface area (Å²) in [7, 11) is 0. The van der Waals surface area contributed by atoms with Crippen molar-refractivity contribution >= 4 is 6.20 Å². The van der Waals surface area contributed by atoms with Crippen LogP contribution < -0.4 is 10.7 Å². The number of hydrogen-bond donors (Lipinski definition) is 1. The number of rotatable bonds is 0. The number of nitrogens with zero attached hydrogens (tertiary/aromatic N) is 4. The summed E-state index contributed by atoms with van der Waals surface area (Å²) in [5.74, 6) is 0. The Morgan fingerprint density at radius 2 is 2.45 bits per heavy atom. The van der Waals surface area contributed by atoms with Crippen LogP contribution >= 0.6 is 0 Å². The van der Waals surface area contributed by atoms with E-state index in [1.807, 2.05) is 0 Å². The minimum atomic E-state index is 0.240. The van der Waals surface area contributed by atoms with Gasteiger partial charge in [-0.3, -0.25) is 5.21 Å². The van der Waals surface area contributed by atoms with Gasteiger partial charge in [-0.1, -0.05) is 0 Å². The normalized spacial score (nSPS) is 14.8. The quantitative estimate of drug-likeness (QED) is 0.488. The first-order valence-electron chi connectivity index (χ1n) is 3.14. The van der Waals surface area contributed by atoms with Crippen LogP contribution in [0.5, 0.6) is 0 Å². The number of aromatic nitrogens is 2. The first-order chi connectivity index (χ1) is 5.36. The van der Waals surface area contributed by atoms with Crippen LogP contribution in [0, 0.1) is 0 Å². The van der Waals surface area contributed by atoms with E-state index in [0.717, 1.165) is 10.3 Å². The van der Waals surface area contributed by atoms with Gasteiger partial charge in [0.05, 0.1) is 5.22 Å². The zero-order valence-electron chi connectivity index (χ0n) is 5.68. The van der Waals surface area contributed by atoms with E-state index in [4.69, 9.17) is 5.21 Å². The molecule has 0 aromatic carbocycles. The fourth-order valence-corrected chi connectivity index (χ4v) is 0.898. The van der Waals surface area contributed by atoms with E-state index in [9.17, 15) is 0 Å². The van der Waals surface area contributed by atoms with E-state index in [-0.39, 0.29) is 6.67 Å². The van der Waals surface area contributed by atoms with E-state index in [0.29, 0.717) is 5.49 Å². The monoisotopic (exact) mass is 150 g/mol. The molecular weight excluding hydrogens is 144 g/mol. The lowest BCUT2D eigenvalue weighted by molar-refractivity contribution is -0.0201. The van der Waals surface area contributed by atoms with Crippen molar-refractivity contribution in [2.75, 3.05) is 6.67 Å². The first-order valence-corrected chi connectivity index (χ1v) is 3.14. The summed E-state index contributed by atoms with van der Waals surface area (Å²) in [6.45, 7) is 0.240. The molecule has 2 rings (SSSR count). The van der Waals surface area contributed by atoms with Crippen molar-refractivity contribution in [1.82, 2.24) is 15.0 Å². The molecule has 11 heavy (non-hydrogen) atoms. The standard InChI is InChI=1S/C6H6N4O/c11-10-2-5-1-7-3-8-6(5)9-4-10/h1-3,11H,4H2. The Balaban J connectivity index is 2.73. The summed E-state index contributed by atoms with van der Waals surface area (Å²) in [5, 5.41) is 10.7. The molecule has 0 unspecified atom stereocenters. The van der Waals surface area contributed by atoms with Crippen molar-refractivity contribution < 1.29 is 5.21 Å². The van der Waals surface area contributed by atoms with Crippen molar-refractivity contribution in [1.29, 1.82) is 0 Å². The van der Waals surface area contributed by atoms with Gasteiger partial charge in [0.2, 0.25) is 0 Å². The molecule has 1 aliphatic rings. The summed E-state index contributed by atoms with van der Waals surface area (Å²) in [6.07, 6.45) is 4.58. The molecule has 56 valence electrons. The second kappa shape index (κ2) is 2.28. The van der Waals surface area contributed by atoms with E-state index in [1.165, 1.54) is 6.33 Å². The largest absolute Gasteiger partial charge is 0.287 e.